The van der Waals surface area contributed by atoms with Gasteiger partial charge in [0.05, 0.1) is 0 Å². The molecule has 0 aliphatic heterocycles. The lowest BCUT2D eigenvalue weighted by Gasteiger charge is -2.22. The van der Waals surface area contributed by atoms with Crippen LogP contribution in [0.25, 0.3) is 6.08 Å². The highest BCUT2D eigenvalue weighted by Gasteiger charge is 2.21. The van der Waals surface area contributed by atoms with Crippen LogP contribution < -0.4 is 5.73 Å². The Hall–Kier alpha value is -1.77. The molecule has 3 nitrogen and oxygen atoms in total. The fourth-order valence-corrected chi connectivity index (χ4v) is 2.36. The van der Waals surface area contributed by atoms with Gasteiger partial charge in [-0.25, -0.2) is 0 Å². The lowest BCUT2D eigenvalue weighted by Crippen LogP contribution is -2.33. The Morgan fingerprint density at radius 3 is 2.50 bits per heavy atom. The van der Waals surface area contributed by atoms with Crippen molar-refractivity contribution in [2.45, 2.75) is 31.7 Å². The van der Waals surface area contributed by atoms with Crippen molar-refractivity contribution in [3.05, 3.63) is 35.9 Å². The lowest BCUT2D eigenvalue weighted by molar-refractivity contribution is -0.126. The molecule has 0 spiro atoms. The van der Waals surface area contributed by atoms with Gasteiger partial charge in [-0.1, -0.05) is 25.0 Å². The van der Waals surface area contributed by atoms with Gasteiger partial charge in [-0.2, -0.15) is 0 Å². The molecule has 0 radical (unpaired) electrons. The molecule has 0 saturated heterocycles. The summed E-state index contributed by atoms with van der Waals surface area (Å²) in [6, 6.07) is 7.92. The third kappa shape index (κ3) is 3.13. The smallest absolute Gasteiger partial charge is 0.246 e. The van der Waals surface area contributed by atoms with Crippen LogP contribution in [0.15, 0.2) is 30.3 Å². The Morgan fingerprint density at radius 1 is 1.28 bits per heavy atom. The first kappa shape index (κ1) is 12.7. The Labute approximate surface area is 108 Å². The second-order valence-corrected chi connectivity index (χ2v) is 4.89. The molecule has 96 valence electrons. The molecule has 1 fully saturated rings. The zero-order valence-corrected chi connectivity index (χ0v) is 10.8. The molecule has 1 aromatic carbocycles. The zero-order valence-electron chi connectivity index (χ0n) is 10.8. The van der Waals surface area contributed by atoms with Crippen molar-refractivity contribution in [3.8, 4) is 0 Å². The summed E-state index contributed by atoms with van der Waals surface area (Å²) in [6.45, 7) is 0. The summed E-state index contributed by atoms with van der Waals surface area (Å²) in [4.78, 5) is 13.8. The van der Waals surface area contributed by atoms with Crippen LogP contribution >= 0.6 is 0 Å². The molecule has 1 aliphatic rings. The predicted octanol–water partition coefficient (Wildman–Crippen LogP) is 2.68. The highest BCUT2D eigenvalue weighted by molar-refractivity contribution is 5.91. The van der Waals surface area contributed by atoms with Crippen LogP contribution in [0.3, 0.4) is 0 Å². The standard InChI is InChI=1S/C15H20N2O/c1-17(14-4-2-3-5-14)15(18)11-8-12-6-9-13(16)10-7-12/h6-11,14H,2-5,16H2,1H3/b11-8+. The van der Waals surface area contributed by atoms with Crippen LogP contribution in [0.4, 0.5) is 5.69 Å². The zero-order chi connectivity index (χ0) is 13.0. The summed E-state index contributed by atoms with van der Waals surface area (Å²) < 4.78 is 0. The van der Waals surface area contributed by atoms with Gasteiger partial charge < -0.3 is 10.6 Å². The number of carbonyl (C=O) groups is 1. The lowest BCUT2D eigenvalue weighted by atomic mass is 10.2. The number of nitrogens with two attached hydrogens (primary N) is 1. The van der Waals surface area contributed by atoms with E-state index in [-0.39, 0.29) is 5.91 Å². The van der Waals surface area contributed by atoms with E-state index in [1.807, 2.05) is 42.3 Å². The molecule has 18 heavy (non-hydrogen) atoms. The van der Waals surface area contributed by atoms with Crippen LogP contribution in [-0.4, -0.2) is 23.9 Å². The summed E-state index contributed by atoms with van der Waals surface area (Å²) >= 11 is 0. The van der Waals surface area contributed by atoms with Crippen LogP contribution in [-0.2, 0) is 4.79 Å². The molecule has 0 heterocycles. The average molecular weight is 244 g/mol. The Bertz CT molecular complexity index is 430. The number of anilines is 1. The summed E-state index contributed by atoms with van der Waals surface area (Å²) in [5.74, 6) is 0.0822. The first-order valence-corrected chi connectivity index (χ1v) is 6.47. The van der Waals surface area contributed by atoms with Crippen LogP contribution in [0, 0.1) is 0 Å². The van der Waals surface area contributed by atoms with E-state index in [1.54, 1.807) is 6.08 Å². The summed E-state index contributed by atoms with van der Waals surface area (Å²) in [7, 11) is 1.89. The van der Waals surface area contributed by atoms with Crippen LogP contribution in [0.2, 0.25) is 0 Å². The molecular formula is C15H20N2O. The van der Waals surface area contributed by atoms with Gasteiger partial charge in [0.15, 0.2) is 0 Å². The normalized spacial score (nSPS) is 16.3. The van der Waals surface area contributed by atoms with E-state index in [0.717, 1.165) is 24.1 Å². The van der Waals surface area contributed by atoms with E-state index in [1.165, 1.54) is 12.8 Å². The molecule has 2 rings (SSSR count). The van der Waals surface area contributed by atoms with Gasteiger partial charge in [0, 0.05) is 24.9 Å². The Morgan fingerprint density at radius 2 is 1.89 bits per heavy atom. The number of nitrogens with zero attached hydrogens (tertiary/aromatic N) is 1. The SMILES string of the molecule is CN(C(=O)/C=C/c1ccc(N)cc1)C1CCCC1. The number of hydrogen-bond donors (Lipinski definition) is 1. The number of rotatable bonds is 3. The van der Waals surface area contributed by atoms with Crippen molar-refractivity contribution in [1.82, 2.24) is 4.90 Å². The molecule has 1 aromatic rings. The first-order valence-electron chi connectivity index (χ1n) is 6.47. The number of hydrogen-bond acceptors (Lipinski definition) is 2. The molecule has 1 aliphatic carbocycles. The van der Waals surface area contributed by atoms with Gasteiger partial charge in [0.2, 0.25) is 5.91 Å². The highest BCUT2D eigenvalue weighted by Crippen LogP contribution is 2.22. The highest BCUT2D eigenvalue weighted by atomic mass is 16.2. The molecular weight excluding hydrogens is 224 g/mol. The largest absolute Gasteiger partial charge is 0.399 e. The van der Waals surface area contributed by atoms with Gasteiger partial charge in [0.1, 0.15) is 0 Å². The number of nitrogen functional groups attached to an aromatic ring is 1. The second-order valence-electron chi connectivity index (χ2n) is 4.89. The van der Waals surface area contributed by atoms with Gasteiger partial charge in [-0.15, -0.1) is 0 Å². The molecule has 3 heteroatoms. The van der Waals surface area contributed by atoms with E-state index in [9.17, 15) is 4.79 Å². The van der Waals surface area contributed by atoms with Crippen molar-refractivity contribution in [1.29, 1.82) is 0 Å². The van der Waals surface area contributed by atoms with Gasteiger partial charge in [-0.3, -0.25) is 4.79 Å². The summed E-state index contributed by atoms with van der Waals surface area (Å²) in [5.41, 5.74) is 7.35. The summed E-state index contributed by atoms with van der Waals surface area (Å²) in [6.07, 6.45) is 8.24. The molecule has 1 amide bonds. The minimum absolute atomic E-state index is 0.0822. The number of amides is 1. The van der Waals surface area contributed by atoms with Crippen molar-refractivity contribution >= 4 is 17.7 Å². The minimum atomic E-state index is 0.0822. The molecule has 2 N–H and O–H groups in total. The average Bonchev–Trinajstić information content (AvgIpc) is 2.90. The minimum Gasteiger partial charge on any atom is -0.399 e. The molecule has 0 atom stereocenters. The Balaban J connectivity index is 1.95. The second kappa shape index (κ2) is 5.71. The van der Waals surface area contributed by atoms with Crippen molar-refractivity contribution in [2.75, 3.05) is 12.8 Å². The van der Waals surface area contributed by atoms with Crippen molar-refractivity contribution in [3.63, 3.8) is 0 Å². The first-order chi connectivity index (χ1) is 8.66. The summed E-state index contributed by atoms with van der Waals surface area (Å²) in [5, 5.41) is 0. The number of benzene rings is 1. The predicted molar refractivity (Wildman–Crippen MR) is 74.9 cm³/mol. The monoisotopic (exact) mass is 244 g/mol. The fraction of sp³-hybridized carbons (Fsp3) is 0.400. The maximum absolute atomic E-state index is 12.0. The van der Waals surface area contributed by atoms with Crippen LogP contribution in [0.5, 0.6) is 0 Å². The van der Waals surface area contributed by atoms with E-state index in [4.69, 9.17) is 5.73 Å². The van der Waals surface area contributed by atoms with E-state index >= 15 is 0 Å². The third-order valence-electron chi connectivity index (χ3n) is 3.57. The van der Waals surface area contributed by atoms with Crippen LogP contribution in [0.1, 0.15) is 31.2 Å². The number of carbonyl (C=O) groups excluding carboxylic acids is 1. The van der Waals surface area contributed by atoms with Gasteiger partial charge >= 0.3 is 0 Å². The molecule has 0 aromatic heterocycles. The van der Waals surface area contributed by atoms with Crippen molar-refractivity contribution in [2.24, 2.45) is 0 Å². The number of likely N-dealkylation sites (N-methyl/N-ethyl adjacent to an activating group) is 1. The fourth-order valence-electron chi connectivity index (χ4n) is 2.36. The topological polar surface area (TPSA) is 46.3 Å². The quantitative estimate of drug-likeness (QED) is 0.656. The van der Waals surface area contributed by atoms with E-state index < -0.39 is 0 Å². The van der Waals surface area contributed by atoms with Crippen molar-refractivity contribution < 1.29 is 4.79 Å². The molecule has 0 bridgehead atoms. The van der Waals surface area contributed by atoms with Gasteiger partial charge in [-0.05, 0) is 36.6 Å². The maximum atomic E-state index is 12.0. The Kier molecular flexibility index (Phi) is 4.03. The molecule has 0 unspecified atom stereocenters. The van der Waals surface area contributed by atoms with E-state index in [2.05, 4.69) is 0 Å². The third-order valence-corrected chi connectivity index (χ3v) is 3.57. The van der Waals surface area contributed by atoms with E-state index in [0.29, 0.717) is 6.04 Å². The van der Waals surface area contributed by atoms with Gasteiger partial charge in [0.25, 0.3) is 0 Å². The maximum Gasteiger partial charge on any atom is 0.246 e. The molecule has 1 saturated carbocycles.